The first-order valence-electron chi connectivity index (χ1n) is 15.2. The molecule has 0 unspecified atom stereocenters. The average Bonchev–Trinajstić information content (AvgIpc) is 3.67. The first kappa shape index (κ1) is 33.9. The molecule has 0 spiro atoms. The number of hydrogen-bond donors (Lipinski definition) is 0. The molecule has 0 radical (unpaired) electrons. The predicted molar refractivity (Wildman–Crippen MR) is 194 cm³/mol. The highest BCUT2D eigenvalue weighted by Gasteiger charge is 2.29. The second-order valence-corrected chi connectivity index (χ2v) is 11.5. The summed E-state index contributed by atoms with van der Waals surface area (Å²) in [6, 6.07) is 39.4. The van der Waals surface area contributed by atoms with E-state index < -0.39 is 36.1 Å². The summed E-state index contributed by atoms with van der Waals surface area (Å²) in [6.45, 7) is 0. The molecule has 14 heteroatoms. The molecule has 0 saturated carbocycles. The number of para-hydroxylation sites is 3. The van der Waals surface area contributed by atoms with Gasteiger partial charge in [0.05, 0.1) is 30.7 Å². The first-order chi connectivity index (χ1) is 24.6. The Morgan fingerprint density at radius 2 is 0.804 bits per heavy atom. The summed E-state index contributed by atoms with van der Waals surface area (Å²) in [4.78, 5) is 40.9. The van der Waals surface area contributed by atoms with Crippen LogP contribution in [0.25, 0.3) is 38.6 Å². The molecule has 0 N–H and O–H groups in total. The molecule has 1 heterocycles. The number of nitro groups is 4. The van der Waals surface area contributed by atoms with Crippen LogP contribution in [0.2, 0.25) is 5.02 Å². The van der Waals surface area contributed by atoms with Crippen molar-refractivity contribution in [3.05, 3.63) is 190 Å². The van der Waals surface area contributed by atoms with Crippen molar-refractivity contribution < 1.29 is 19.7 Å². The summed E-state index contributed by atoms with van der Waals surface area (Å²) in [5.41, 5.74) is 5.55. The van der Waals surface area contributed by atoms with Crippen molar-refractivity contribution in [1.82, 2.24) is 4.57 Å². The van der Waals surface area contributed by atoms with Gasteiger partial charge in [-0.2, -0.15) is 0 Å². The van der Waals surface area contributed by atoms with Crippen LogP contribution in [-0.2, 0) is 6.42 Å². The fourth-order valence-electron chi connectivity index (χ4n) is 6.08. The van der Waals surface area contributed by atoms with Crippen molar-refractivity contribution >= 4 is 56.2 Å². The van der Waals surface area contributed by atoms with E-state index in [1.165, 1.54) is 46.5 Å². The topological polar surface area (TPSA) is 177 Å². The Kier molecular flexibility index (Phi) is 9.46. The zero-order chi connectivity index (χ0) is 36.2. The minimum atomic E-state index is -0.769. The van der Waals surface area contributed by atoms with Crippen molar-refractivity contribution in [2.45, 2.75) is 6.42 Å². The summed E-state index contributed by atoms with van der Waals surface area (Å²) >= 11 is 5.42. The fourth-order valence-corrected chi connectivity index (χ4v) is 6.34. The van der Waals surface area contributed by atoms with Crippen molar-refractivity contribution in [3.63, 3.8) is 0 Å². The molecular weight excluding hydrogens is 678 g/mol. The van der Waals surface area contributed by atoms with E-state index in [1.807, 2.05) is 24.3 Å². The third kappa shape index (κ3) is 6.56. The lowest BCUT2D eigenvalue weighted by Gasteiger charge is -2.09. The van der Waals surface area contributed by atoms with E-state index >= 15 is 0 Å². The number of halogens is 1. The molecule has 0 saturated heterocycles. The molecule has 0 fully saturated rings. The van der Waals surface area contributed by atoms with Crippen LogP contribution < -0.4 is 0 Å². The van der Waals surface area contributed by atoms with Crippen LogP contribution in [0, 0.1) is 40.5 Å². The van der Waals surface area contributed by atoms with E-state index in [4.69, 9.17) is 11.6 Å². The molecule has 51 heavy (non-hydrogen) atoms. The van der Waals surface area contributed by atoms with Crippen LogP contribution in [0.1, 0.15) is 11.1 Å². The van der Waals surface area contributed by atoms with E-state index in [1.54, 1.807) is 28.8 Å². The number of fused-ring (bicyclic) bond motifs is 6. The molecule has 1 aliphatic rings. The standard InChI is InChI=1S/C18H11N3O4.C13H10.C6H3ClN2O4/c22-20(23)16-10-5-11-17(21(24)25)18(16)19-14-8-3-1-6-12(14)13-7-2-4-9-15(13)19;1-3-7-12-10(5-1)9-11-6-2-4-8-13(11)12;7-6-4(8(10)11)2-1-3-5(6)9(12)13/h1-11H;1-8H,9H2;1-3H. The van der Waals surface area contributed by atoms with Gasteiger partial charge in [0.15, 0.2) is 5.02 Å². The largest absolute Gasteiger partial charge is 0.300 e. The Morgan fingerprint density at radius 1 is 0.451 bits per heavy atom. The highest BCUT2D eigenvalue weighted by molar-refractivity contribution is 6.34. The van der Waals surface area contributed by atoms with Crippen molar-refractivity contribution in [2.75, 3.05) is 0 Å². The van der Waals surface area contributed by atoms with Gasteiger partial charge < -0.3 is 0 Å². The summed E-state index contributed by atoms with van der Waals surface area (Å²) in [5.74, 6) is 0. The molecular formula is C37H24ClN5O8. The van der Waals surface area contributed by atoms with E-state index in [9.17, 15) is 40.5 Å². The fraction of sp³-hybridized carbons (Fsp3) is 0.0270. The van der Waals surface area contributed by atoms with Crippen molar-refractivity contribution in [3.8, 4) is 16.8 Å². The molecule has 0 aliphatic heterocycles. The monoisotopic (exact) mass is 701 g/mol. The Bertz CT molecular complexity index is 2350. The van der Waals surface area contributed by atoms with Gasteiger partial charge in [-0.25, -0.2) is 0 Å². The molecule has 13 nitrogen and oxygen atoms in total. The van der Waals surface area contributed by atoms with Crippen LogP contribution in [0.5, 0.6) is 0 Å². The van der Waals surface area contributed by atoms with Crippen LogP contribution in [0.3, 0.4) is 0 Å². The first-order valence-corrected chi connectivity index (χ1v) is 15.6. The Hall–Kier alpha value is -6.99. The molecule has 252 valence electrons. The Labute approximate surface area is 293 Å². The van der Waals surface area contributed by atoms with Crippen LogP contribution in [0.15, 0.2) is 133 Å². The molecule has 1 aromatic heterocycles. The lowest BCUT2D eigenvalue weighted by molar-refractivity contribution is -0.394. The van der Waals surface area contributed by atoms with Gasteiger partial charge in [0.25, 0.3) is 22.7 Å². The summed E-state index contributed by atoms with van der Waals surface area (Å²) in [6.07, 6.45) is 1.10. The highest BCUT2D eigenvalue weighted by Crippen LogP contribution is 2.40. The van der Waals surface area contributed by atoms with Gasteiger partial charge in [0.2, 0.25) is 5.69 Å². The van der Waals surface area contributed by atoms with Crippen LogP contribution >= 0.6 is 11.6 Å². The van der Waals surface area contributed by atoms with E-state index in [2.05, 4.69) is 48.5 Å². The van der Waals surface area contributed by atoms with Crippen molar-refractivity contribution in [2.24, 2.45) is 0 Å². The number of nitrogens with zero attached hydrogens (tertiary/aromatic N) is 5. The molecule has 0 atom stereocenters. The lowest BCUT2D eigenvalue weighted by Crippen LogP contribution is -2.04. The predicted octanol–water partition coefficient (Wildman–Crippen LogP) is 10.0. The summed E-state index contributed by atoms with van der Waals surface area (Å²) in [7, 11) is 0. The molecule has 7 aromatic rings. The number of hydrogen-bond acceptors (Lipinski definition) is 8. The van der Waals surface area contributed by atoms with Gasteiger partial charge >= 0.3 is 0 Å². The number of nitro benzene ring substituents is 4. The normalized spacial score (nSPS) is 11.0. The maximum Gasteiger partial charge on any atom is 0.300 e. The molecule has 8 rings (SSSR count). The zero-order valence-corrected chi connectivity index (χ0v) is 27.0. The lowest BCUT2D eigenvalue weighted by atomic mass is 10.1. The van der Waals surface area contributed by atoms with Gasteiger partial charge in [-0.15, -0.1) is 0 Å². The SMILES string of the molecule is O=[N+]([O-])c1cccc([N+](=O)[O-])c1-n1c2ccccc2c2ccccc21.O=[N+]([O-])c1cccc([N+](=O)[O-])c1Cl.c1ccc2c(c1)Cc1ccccc1-2. The second-order valence-electron chi connectivity index (χ2n) is 11.1. The van der Waals surface area contributed by atoms with Crippen molar-refractivity contribution in [1.29, 1.82) is 0 Å². The van der Waals surface area contributed by atoms with E-state index in [0.29, 0.717) is 11.0 Å². The highest BCUT2D eigenvalue weighted by atomic mass is 35.5. The van der Waals surface area contributed by atoms with Crippen LogP contribution in [0.4, 0.5) is 22.7 Å². The van der Waals surface area contributed by atoms with E-state index in [0.717, 1.165) is 29.3 Å². The maximum absolute atomic E-state index is 11.5. The third-order valence-electron chi connectivity index (χ3n) is 8.25. The third-order valence-corrected chi connectivity index (χ3v) is 8.63. The van der Waals surface area contributed by atoms with Gasteiger partial charge in [-0.3, -0.25) is 45.0 Å². The minimum Gasteiger partial charge on any atom is -0.298 e. The molecule has 0 bridgehead atoms. The zero-order valence-electron chi connectivity index (χ0n) is 26.3. The number of aromatic nitrogens is 1. The Morgan fingerprint density at radius 3 is 1.22 bits per heavy atom. The van der Waals surface area contributed by atoms with Crippen LogP contribution in [-0.4, -0.2) is 24.3 Å². The number of benzene rings is 6. The Balaban J connectivity index is 0.000000145. The summed E-state index contributed by atoms with van der Waals surface area (Å²) in [5, 5.41) is 45.0. The van der Waals surface area contributed by atoms with Gasteiger partial charge in [-0.1, -0.05) is 96.5 Å². The van der Waals surface area contributed by atoms with Gasteiger partial charge in [0.1, 0.15) is 0 Å². The molecule has 0 amide bonds. The average molecular weight is 702 g/mol. The summed E-state index contributed by atoms with van der Waals surface area (Å²) < 4.78 is 1.60. The van der Waals surface area contributed by atoms with E-state index in [-0.39, 0.29) is 17.1 Å². The molecule has 1 aliphatic carbocycles. The maximum atomic E-state index is 11.5. The van der Waals surface area contributed by atoms with Gasteiger partial charge in [0, 0.05) is 35.0 Å². The minimum absolute atomic E-state index is 0.0325. The molecule has 6 aromatic carbocycles. The second kappa shape index (κ2) is 14.2. The quantitative estimate of drug-likeness (QED) is 0.126. The number of rotatable bonds is 5. The van der Waals surface area contributed by atoms with Gasteiger partial charge in [-0.05, 0) is 52.9 Å². The smallest absolute Gasteiger partial charge is 0.298 e.